The van der Waals surface area contributed by atoms with E-state index in [0.29, 0.717) is 17.8 Å². The molecule has 0 aliphatic heterocycles. The minimum absolute atomic E-state index is 0.0711. The quantitative estimate of drug-likeness (QED) is 0.839. The van der Waals surface area contributed by atoms with Crippen LogP contribution >= 0.6 is 0 Å². The summed E-state index contributed by atoms with van der Waals surface area (Å²) < 4.78 is 1.30. The lowest BCUT2D eigenvalue weighted by Crippen LogP contribution is -2.28. The lowest BCUT2D eigenvalue weighted by molar-refractivity contribution is -0.121. The zero-order valence-corrected chi connectivity index (χ0v) is 10.9. The molecule has 7 nitrogen and oxygen atoms in total. The van der Waals surface area contributed by atoms with Crippen LogP contribution in [0.15, 0.2) is 30.3 Å². The van der Waals surface area contributed by atoms with Gasteiger partial charge in [0.2, 0.25) is 5.91 Å². The molecule has 0 saturated carbocycles. The van der Waals surface area contributed by atoms with Gasteiger partial charge in [-0.1, -0.05) is 35.5 Å². The molecule has 1 aromatic carbocycles. The fourth-order valence-electron chi connectivity index (χ4n) is 1.84. The Morgan fingerprint density at radius 1 is 1.30 bits per heavy atom. The van der Waals surface area contributed by atoms with E-state index in [2.05, 4.69) is 15.6 Å². The van der Waals surface area contributed by atoms with Gasteiger partial charge in [0.25, 0.3) is 0 Å². The summed E-state index contributed by atoms with van der Waals surface area (Å²) in [5.74, 6) is -1.42. The van der Waals surface area contributed by atoms with Gasteiger partial charge >= 0.3 is 5.97 Å². The second-order valence-electron chi connectivity index (χ2n) is 4.07. The fraction of sp³-hybridized carbons (Fsp3) is 0.231. The molecular weight excluding hydrogens is 260 g/mol. The highest BCUT2D eigenvalue weighted by Gasteiger charge is 2.21. The van der Waals surface area contributed by atoms with Crippen molar-refractivity contribution in [2.24, 2.45) is 0 Å². The summed E-state index contributed by atoms with van der Waals surface area (Å²) in [6, 6.07) is 8.88. The predicted molar refractivity (Wildman–Crippen MR) is 71.1 cm³/mol. The largest absolute Gasteiger partial charge is 0.476 e. The Balaban J connectivity index is 2.43. The second kappa shape index (κ2) is 5.96. The molecule has 0 atom stereocenters. The standard InChI is InChI=1S/C13H14N4O3/c1-2-14-10(18)8-17-12(9-6-4-3-5-7-9)11(13(19)20)15-16-17/h3-7H,2,8H2,1H3,(H,14,18)(H,19,20). The van der Waals surface area contributed by atoms with E-state index in [-0.39, 0.29) is 18.1 Å². The number of nitrogens with zero attached hydrogens (tertiary/aromatic N) is 3. The number of carbonyl (C=O) groups is 2. The molecule has 20 heavy (non-hydrogen) atoms. The summed E-state index contributed by atoms with van der Waals surface area (Å²) in [5.41, 5.74) is 0.809. The van der Waals surface area contributed by atoms with Crippen LogP contribution in [0.2, 0.25) is 0 Å². The number of rotatable bonds is 5. The van der Waals surface area contributed by atoms with Crippen LogP contribution in [0.25, 0.3) is 11.3 Å². The summed E-state index contributed by atoms with van der Waals surface area (Å²) in [4.78, 5) is 22.8. The first-order valence-corrected chi connectivity index (χ1v) is 6.12. The molecule has 0 saturated heterocycles. The molecule has 1 amide bonds. The molecule has 7 heteroatoms. The Labute approximate surface area is 115 Å². The molecule has 0 fully saturated rings. The van der Waals surface area contributed by atoms with Crippen molar-refractivity contribution in [1.29, 1.82) is 0 Å². The molecule has 1 heterocycles. The van der Waals surface area contributed by atoms with E-state index >= 15 is 0 Å². The third-order valence-corrected chi connectivity index (χ3v) is 2.65. The van der Waals surface area contributed by atoms with Crippen molar-refractivity contribution in [3.8, 4) is 11.3 Å². The van der Waals surface area contributed by atoms with Crippen LogP contribution < -0.4 is 5.32 Å². The number of likely N-dealkylation sites (N-methyl/N-ethyl adjacent to an activating group) is 1. The summed E-state index contributed by atoms with van der Waals surface area (Å²) in [6.07, 6.45) is 0. The Bertz CT molecular complexity index is 622. The monoisotopic (exact) mass is 274 g/mol. The molecule has 2 aromatic rings. The van der Waals surface area contributed by atoms with Crippen molar-refractivity contribution in [1.82, 2.24) is 20.3 Å². The lowest BCUT2D eigenvalue weighted by atomic mass is 10.1. The summed E-state index contributed by atoms with van der Waals surface area (Å²) in [5, 5.41) is 19.2. The SMILES string of the molecule is CCNC(=O)Cn1nnc(C(=O)O)c1-c1ccccc1. The highest BCUT2D eigenvalue weighted by molar-refractivity contribution is 5.93. The molecule has 0 aliphatic rings. The average Bonchev–Trinajstić information content (AvgIpc) is 2.83. The van der Waals surface area contributed by atoms with Gasteiger partial charge in [-0.2, -0.15) is 0 Å². The number of carbonyl (C=O) groups excluding carboxylic acids is 1. The first-order valence-electron chi connectivity index (χ1n) is 6.12. The molecule has 2 rings (SSSR count). The van der Waals surface area contributed by atoms with E-state index in [1.165, 1.54) is 4.68 Å². The van der Waals surface area contributed by atoms with Crippen LogP contribution in [0.1, 0.15) is 17.4 Å². The number of carboxylic acids is 1. The van der Waals surface area contributed by atoms with E-state index < -0.39 is 5.97 Å². The third-order valence-electron chi connectivity index (χ3n) is 2.65. The molecular formula is C13H14N4O3. The van der Waals surface area contributed by atoms with Gasteiger partial charge in [-0.15, -0.1) is 5.10 Å². The molecule has 0 unspecified atom stereocenters. The van der Waals surface area contributed by atoms with E-state index in [4.69, 9.17) is 5.11 Å². The fourth-order valence-corrected chi connectivity index (χ4v) is 1.84. The van der Waals surface area contributed by atoms with Gasteiger partial charge in [0.1, 0.15) is 12.2 Å². The van der Waals surface area contributed by atoms with Crippen LogP contribution in [0.3, 0.4) is 0 Å². The zero-order chi connectivity index (χ0) is 14.5. The van der Waals surface area contributed by atoms with Crippen LogP contribution in [0.4, 0.5) is 0 Å². The maximum atomic E-state index is 11.6. The highest BCUT2D eigenvalue weighted by atomic mass is 16.4. The number of hydrogen-bond acceptors (Lipinski definition) is 4. The average molecular weight is 274 g/mol. The first-order chi connectivity index (χ1) is 9.63. The minimum atomic E-state index is -1.17. The predicted octanol–water partition coefficient (Wildman–Crippen LogP) is 0.779. The normalized spacial score (nSPS) is 10.2. The van der Waals surface area contributed by atoms with Crippen molar-refractivity contribution in [2.75, 3.05) is 6.54 Å². The summed E-state index contributed by atoms with van der Waals surface area (Å²) in [7, 11) is 0. The van der Waals surface area contributed by atoms with Gasteiger partial charge in [-0.25, -0.2) is 9.48 Å². The van der Waals surface area contributed by atoms with E-state index in [0.717, 1.165) is 0 Å². The number of aromatic nitrogens is 3. The van der Waals surface area contributed by atoms with Crippen LogP contribution in [0, 0.1) is 0 Å². The van der Waals surface area contributed by atoms with Gasteiger partial charge in [-0.3, -0.25) is 4.79 Å². The van der Waals surface area contributed by atoms with E-state index in [1.54, 1.807) is 31.2 Å². The Morgan fingerprint density at radius 2 is 2.00 bits per heavy atom. The Kier molecular flexibility index (Phi) is 4.09. The highest BCUT2D eigenvalue weighted by Crippen LogP contribution is 2.21. The Morgan fingerprint density at radius 3 is 2.60 bits per heavy atom. The maximum Gasteiger partial charge on any atom is 0.358 e. The van der Waals surface area contributed by atoms with Crippen molar-refractivity contribution >= 4 is 11.9 Å². The van der Waals surface area contributed by atoms with Gasteiger partial charge in [0.15, 0.2) is 5.69 Å². The van der Waals surface area contributed by atoms with Crippen LogP contribution in [0.5, 0.6) is 0 Å². The van der Waals surface area contributed by atoms with Crippen molar-refractivity contribution in [2.45, 2.75) is 13.5 Å². The number of benzene rings is 1. The van der Waals surface area contributed by atoms with E-state index in [9.17, 15) is 9.59 Å². The van der Waals surface area contributed by atoms with Gasteiger partial charge < -0.3 is 10.4 Å². The topological polar surface area (TPSA) is 97.1 Å². The Hall–Kier alpha value is -2.70. The van der Waals surface area contributed by atoms with Crippen molar-refractivity contribution in [3.05, 3.63) is 36.0 Å². The first kappa shape index (κ1) is 13.7. The molecule has 1 aromatic heterocycles. The number of amides is 1. The molecule has 0 radical (unpaired) electrons. The third kappa shape index (κ3) is 2.82. The van der Waals surface area contributed by atoms with Gasteiger partial charge in [0, 0.05) is 12.1 Å². The molecule has 2 N–H and O–H groups in total. The number of nitrogens with one attached hydrogen (secondary N) is 1. The number of carboxylic acid groups (broad SMARTS) is 1. The smallest absolute Gasteiger partial charge is 0.358 e. The maximum absolute atomic E-state index is 11.6. The summed E-state index contributed by atoms with van der Waals surface area (Å²) >= 11 is 0. The van der Waals surface area contributed by atoms with Crippen molar-refractivity contribution in [3.63, 3.8) is 0 Å². The summed E-state index contributed by atoms with van der Waals surface area (Å²) in [6.45, 7) is 2.23. The van der Waals surface area contributed by atoms with E-state index in [1.807, 2.05) is 6.07 Å². The molecule has 0 aliphatic carbocycles. The molecule has 104 valence electrons. The van der Waals surface area contributed by atoms with Crippen LogP contribution in [-0.4, -0.2) is 38.5 Å². The van der Waals surface area contributed by atoms with Gasteiger partial charge in [0.05, 0.1) is 0 Å². The van der Waals surface area contributed by atoms with Crippen molar-refractivity contribution < 1.29 is 14.7 Å². The molecule has 0 bridgehead atoms. The minimum Gasteiger partial charge on any atom is -0.476 e. The lowest BCUT2D eigenvalue weighted by Gasteiger charge is -2.07. The van der Waals surface area contributed by atoms with Gasteiger partial charge in [-0.05, 0) is 6.92 Å². The van der Waals surface area contributed by atoms with Crippen LogP contribution in [-0.2, 0) is 11.3 Å². The number of aromatic carboxylic acids is 1. The number of hydrogen-bond donors (Lipinski definition) is 2. The zero-order valence-electron chi connectivity index (χ0n) is 10.9. The molecule has 0 spiro atoms. The second-order valence-corrected chi connectivity index (χ2v) is 4.07.